The molecule has 11 heteroatoms. The smallest absolute Gasteiger partial charge is 0.394 e. The fourth-order valence-corrected chi connectivity index (χ4v) is 1.70. The Morgan fingerprint density at radius 2 is 1.07 bits per heavy atom. The number of hydrogen-bond acceptors (Lipinski definition) is 6. The highest BCUT2D eigenvalue weighted by Gasteiger charge is 2.23. The first-order valence-electron chi connectivity index (χ1n) is 10.1. The summed E-state index contributed by atoms with van der Waals surface area (Å²) in [5.74, 6) is -0.599. The molecule has 0 amide bonds. The second-order valence-electron chi connectivity index (χ2n) is 6.93. The van der Waals surface area contributed by atoms with E-state index in [0.29, 0.717) is 0 Å². The van der Waals surface area contributed by atoms with Gasteiger partial charge in [-0.1, -0.05) is 41.5 Å². The van der Waals surface area contributed by atoms with Crippen LogP contribution in [0.25, 0.3) is 0 Å². The molecular formula is C19H44F2N2O6S. The Morgan fingerprint density at radius 3 is 1.17 bits per heavy atom. The van der Waals surface area contributed by atoms with Crippen LogP contribution in [0.2, 0.25) is 0 Å². The zero-order chi connectivity index (χ0) is 25.0. The van der Waals surface area contributed by atoms with Crippen LogP contribution in [-0.2, 0) is 19.9 Å². The number of carbonyl (C=O) groups excluding carboxylic acids is 1. The van der Waals surface area contributed by atoms with E-state index in [1.165, 1.54) is 39.3 Å². The number of halogens is 2. The van der Waals surface area contributed by atoms with Gasteiger partial charge in [-0.3, -0.25) is 13.9 Å². The van der Waals surface area contributed by atoms with Gasteiger partial charge in [-0.15, -0.1) is 0 Å². The quantitative estimate of drug-likeness (QED) is 0.410. The summed E-state index contributed by atoms with van der Waals surface area (Å²) in [6, 6.07) is 0. The van der Waals surface area contributed by atoms with Crippen molar-refractivity contribution in [3.8, 4) is 0 Å². The van der Waals surface area contributed by atoms with Gasteiger partial charge in [-0.05, 0) is 60.0 Å². The van der Waals surface area contributed by atoms with Gasteiger partial charge in [-0.2, -0.15) is 8.42 Å². The fourth-order valence-electron chi connectivity index (χ4n) is 1.70. The van der Waals surface area contributed by atoms with Gasteiger partial charge < -0.3 is 14.5 Å². The van der Waals surface area contributed by atoms with Crippen LogP contribution in [0.3, 0.4) is 0 Å². The number of rotatable bonds is 8. The Kier molecular flexibility index (Phi) is 26.0. The van der Waals surface area contributed by atoms with Crippen LogP contribution in [-0.4, -0.2) is 85.6 Å². The predicted octanol–water partition coefficient (Wildman–Crippen LogP) is 3.88. The van der Waals surface area contributed by atoms with Crippen LogP contribution < -0.4 is 0 Å². The van der Waals surface area contributed by atoms with Gasteiger partial charge in [0.25, 0.3) is 6.43 Å². The Hall–Kier alpha value is -0.880. The predicted molar refractivity (Wildman–Crippen MR) is 118 cm³/mol. The lowest BCUT2D eigenvalue weighted by Gasteiger charge is -2.15. The second-order valence-corrected chi connectivity index (χ2v) is 7.82. The third-order valence-electron chi connectivity index (χ3n) is 3.64. The van der Waals surface area contributed by atoms with Crippen molar-refractivity contribution < 1.29 is 35.8 Å². The summed E-state index contributed by atoms with van der Waals surface area (Å²) in [5.41, 5.74) is -0.700. The molecule has 186 valence electrons. The van der Waals surface area contributed by atoms with Crippen LogP contribution in [0, 0.1) is 5.41 Å². The Labute approximate surface area is 182 Å². The minimum Gasteiger partial charge on any atom is -0.459 e. The van der Waals surface area contributed by atoms with Crippen molar-refractivity contribution in [1.29, 1.82) is 0 Å². The molecule has 2 N–H and O–H groups in total. The van der Waals surface area contributed by atoms with Crippen molar-refractivity contribution in [2.45, 2.75) is 68.7 Å². The number of esters is 1. The molecule has 0 fully saturated rings. The number of alkyl halides is 2. The van der Waals surface area contributed by atoms with Gasteiger partial charge in [0.05, 0.1) is 5.41 Å². The lowest BCUT2D eigenvalue weighted by Crippen LogP contribution is -2.24. The molecule has 30 heavy (non-hydrogen) atoms. The van der Waals surface area contributed by atoms with E-state index in [0.717, 1.165) is 0 Å². The molecule has 0 aliphatic rings. The number of nitrogens with zero attached hydrogens (tertiary/aromatic N) is 2. The first kappa shape index (κ1) is 36.5. The molecule has 0 atom stereocenters. The van der Waals surface area contributed by atoms with E-state index in [1.54, 1.807) is 20.8 Å². The summed E-state index contributed by atoms with van der Waals surface area (Å²) in [6.45, 7) is 24.3. The van der Waals surface area contributed by atoms with Gasteiger partial charge in [0.2, 0.25) is 0 Å². The molecule has 0 aromatic heterocycles. The molecular weight excluding hydrogens is 422 g/mol. The molecule has 0 spiro atoms. The lowest BCUT2D eigenvalue weighted by molar-refractivity contribution is -0.156. The van der Waals surface area contributed by atoms with Gasteiger partial charge >= 0.3 is 16.4 Å². The van der Waals surface area contributed by atoms with E-state index in [2.05, 4.69) is 56.1 Å². The number of ether oxygens (including phenoxy) is 1. The van der Waals surface area contributed by atoms with E-state index < -0.39 is 34.8 Å². The Morgan fingerprint density at radius 1 is 0.833 bits per heavy atom. The maximum atomic E-state index is 11.5. The van der Waals surface area contributed by atoms with E-state index in [9.17, 15) is 13.6 Å². The van der Waals surface area contributed by atoms with Crippen LogP contribution in [0.5, 0.6) is 0 Å². The summed E-state index contributed by atoms with van der Waals surface area (Å²) in [4.78, 5) is 15.6. The summed E-state index contributed by atoms with van der Waals surface area (Å²) >= 11 is 0. The largest absolute Gasteiger partial charge is 0.459 e. The molecule has 0 heterocycles. The van der Waals surface area contributed by atoms with Crippen molar-refractivity contribution in [2.24, 2.45) is 5.41 Å². The normalized spacial score (nSPS) is 11.1. The highest BCUT2D eigenvalue weighted by atomic mass is 32.3. The molecule has 0 rings (SSSR count). The molecule has 0 aliphatic carbocycles. The molecule has 0 saturated carbocycles. The van der Waals surface area contributed by atoms with Gasteiger partial charge in [0, 0.05) is 0 Å². The summed E-state index contributed by atoms with van der Waals surface area (Å²) in [6.07, 6.45) is -2.58. The van der Waals surface area contributed by atoms with Crippen molar-refractivity contribution in [3.63, 3.8) is 0 Å². The van der Waals surface area contributed by atoms with Gasteiger partial charge in [0.15, 0.2) is 6.61 Å². The monoisotopic (exact) mass is 466 g/mol. The lowest BCUT2D eigenvalue weighted by atomic mass is 9.97. The highest BCUT2D eigenvalue weighted by molar-refractivity contribution is 7.79. The molecule has 8 nitrogen and oxygen atoms in total. The van der Waals surface area contributed by atoms with Crippen LogP contribution >= 0.6 is 0 Å². The average Bonchev–Trinajstić information content (AvgIpc) is 2.61. The van der Waals surface area contributed by atoms with Crippen molar-refractivity contribution >= 4 is 16.4 Å². The molecule has 0 bridgehead atoms. The summed E-state index contributed by atoms with van der Waals surface area (Å²) in [5, 5.41) is 0. The SMILES string of the molecule is CC(C)(C)C(=O)OCC(F)F.CCN(CC)CC.CCN(CC)CC.O=S(=O)(O)O. The maximum Gasteiger partial charge on any atom is 0.394 e. The molecule has 0 aromatic rings. The fraction of sp³-hybridized carbons (Fsp3) is 0.947. The van der Waals surface area contributed by atoms with Gasteiger partial charge in [0.1, 0.15) is 0 Å². The van der Waals surface area contributed by atoms with Crippen molar-refractivity contribution in [3.05, 3.63) is 0 Å². The third kappa shape index (κ3) is 37.8. The zero-order valence-electron chi connectivity index (χ0n) is 20.1. The van der Waals surface area contributed by atoms with Crippen LogP contribution in [0.15, 0.2) is 0 Å². The summed E-state index contributed by atoms with van der Waals surface area (Å²) in [7, 11) is -4.67. The van der Waals surface area contributed by atoms with Crippen molar-refractivity contribution in [1.82, 2.24) is 9.80 Å². The standard InChI is InChI=1S/C7H12F2O2.2C6H15N.H2O4S/c1-7(2,3)6(10)11-4-5(8)9;2*1-4-7(5-2)6-3;1-5(2,3)4/h5H,4H2,1-3H3;2*4-6H2,1-3H3;(H2,1,2,3,4). The van der Waals surface area contributed by atoms with E-state index >= 15 is 0 Å². The third-order valence-corrected chi connectivity index (χ3v) is 3.64. The van der Waals surface area contributed by atoms with Gasteiger partial charge in [-0.25, -0.2) is 8.78 Å². The van der Waals surface area contributed by atoms with Crippen molar-refractivity contribution in [2.75, 3.05) is 45.9 Å². The van der Waals surface area contributed by atoms with E-state index in [-0.39, 0.29) is 0 Å². The summed E-state index contributed by atoms with van der Waals surface area (Å²) < 4.78 is 58.9. The molecule has 0 aromatic carbocycles. The molecule has 0 unspecified atom stereocenters. The first-order valence-corrected chi connectivity index (χ1v) is 11.5. The molecule has 0 saturated heterocycles. The highest BCUT2D eigenvalue weighted by Crippen LogP contribution is 2.15. The first-order chi connectivity index (χ1) is 13.5. The minimum atomic E-state index is -4.67. The molecule has 0 aliphatic heterocycles. The Balaban J connectivity index is -0.000000157. The second kappa shape index (κ2) is 21.4. The Bertz CT molecular complexity index is 447. The number of carbonyl (C=O) groups is 1. The minimum absolute atomic E-state index is 0.599. The van der Waals surface area contributed by atoms with Crippen LogP contribution in [0.4, 0.5) is 8.78 Å². The zero-order valence-corrected chi connectivity index (χ0v) is 20.9. The van der Waals surface area contributed by atoms with E-state index in [1.807, 2.05) is 0 Å². The topological polar surface area (TPSA) is 107 Å². The average molecular weight is 467 g/mol. The maximum absolute atomic E-state index is 11.5. The molecule has 0 radical (unpaired) electrons. The van der Waals surface area contributed by atoms with E-state index in [4.69, 9.17) is 17.5 Å². The van der Waals surface area contributed by atoms with Crippen LogP contribution in [0.1, 0.15) is 62.3 Å². The number of hydrogen-bond donors (Lipinski definition) is 2.